The lowest BCUT2D eigenvalue weighted by atomic mass is 10.1. The zero-order valence-corrected chi connectivity index (χ0v) is 11.0. The van der Waals surface area contributed by atoms with Crippen LogP contribution in [0.4, 0.5) is 0 Å². The average molecular weight is 283 g/mol. The second-order valence-corrected chi connectivity index (χ2v) is 4.15. The number of methoxy groups -OCH3 is 1. The van der Waals surface area contributed by atoms with E-state index in [0.717, 1.165) is 7.11 Å². The molecule has 110 valence electrons. The first-order valence-corrected chi connectivity index (χ1v) is 5.96. The predicted octanol–water partition coefficient (Wildman–Crippen LogP) is -0.320. The third kappa shape index (κ3) is 4.43. The summed E-state index contributed by atoms with van der Waals surface area (Å²) < 4.78 is 4.42. The number of hydrogen-bond acceptors (Lipinski definition) is 6. The minimum Gasteiger partial charge on any atom is -0.504 e. The lowest BCUT2D eigenvalue weighted by Crippen LogP contribution is -2.44. The molecule has 0 spiro atoms. The SMILES string of the molecule is COC(=O)[C@H](CO)NC(=O)CCc1ccc(O)c(O)c1. The van der Waals surface area contributed by atoms with Gasteiger partial charge in [0.15, 0.2) is 17.5 Å². The smallest absolute Gasteiger partial charge is 0.330 e. The van der Waals surface area contributed by atoms with E-state index in [1.165, 1.54) is 12.1 Å². The molecule has 0 bridgehead atoms. The van der Waals surface area contributed by atoms with Crippen LogP contribution in [-0.4, -0.2) is 47.0 Å². The van der Waals surface area contributed by atoms with E-state index in [-0.39, 0.29) is 17.9 Å². The highest BCUT2D eigenvalue weighted by atomic mass is 16.5. The van der Waals surface area contributed by atoms with Gasteiger partial charge in [0.2, 0.25) is 5.91 Å². The third-order valence-corrected chi connectivity index (χ3v) is 2.68. The summed E-state index contributed by atoms with van der Waals surface area (Å²) in [7, 11) is 1.16. The summed E-state index contributed by atoms with van der Waals surface area (Å²) in [6, 6.07) is 3.17. The van der Waals surface area contributed by atoms with E-state index in [1.807, 2.05) is 0 Å². The Labute approximate surface area is 115 Å². The number of phenolic OH excluding ortho intramolecular Hbond substituents is 2. The highest BCUT2D eigenvalue weighted by Crippen LogP contribution is 2.25. The molecular weight excluding hydrogens is 266 g/mol. The maximum absolute atomic E-state index is 11.6. The molecule has 1 aromatic carbocycles. The second-order valence-electron chi connectivity index (χ2n) is 4.15. The summed E-state index contributed by atoms with van der Waals surface area (Å²) in [6.07, 6.45) is 0.386. The number of hydrogen-bond donors (Lipinski definition) is 4. The number of phenols is 2. The number of carbonyl (C=O) groups is 2. The van der Waals surface area contributed by atoms with Crippen molar-refractivity contribution in [1.82, 2.24) is 5.32 Å². The van der Waals surface area contributed by atoms with Gasteiger partial charge in [-0.15, -0.1) is 0 Å². The molecule has 4 N–H and O–H groups in total. The van der Waals surface area contributed by atoms with Gasteiger partial charge in [-0.05, 0) is 24.1 Å². The van der Waals surface area contributed by atoms with Crippen molar-refractivity contribution in [3.63, 3.8) is 0 Å². The van der Waals surface area contributed by atoms with E-state index in [1.54, 1.807) is 6.07 Å². The monoisotopic (exact) mass is 283 g/mol. The standard InChI is InChI=1S/C13H17NO6/c1-20-13(19)9(7-15)14-12(18)5-3-8-2-4-10(16)11(17)6-8/h2,4,6,9,15-17H,3,5,7H2,1H3,(H,14,18)/t9-/m0/s1. The largest absolute Gasteiger partial charge is 0.504 e. The number of aromatic hydroxyl groups is 2. The van der Waals surface area contributed by atoms with E-state index >= 15 is 0 Å². The molecule has 0 aliphatic carbocycles. The van der Waals surface area contributed by atoms with Crippen molar-refractivity contribution in [2.75, 3.05) is 13.7 Å². The minimum atomic E-state index is -1.08. The number of carbonyl (C=O) groups excluding carboxylic acids is 2. The second kappa shape index (κ2) is 7.34. The number of esters is 1. The summed E-state index contributed by atoms with van der Waals surface area (Å²) in [6.45, 7) is -0.543. The molecule has 0 heterocycles. The fourth-order valence-corrected chi connectivity index (χ4v) is 1.57. The molecule has 7 heteroatoms. The Bertz CT molecular complexity index is 488. The van der Waals surface area contributed by atoms with E-state index < -0.39 is 24.5 Å². The van der Waals surface area contributed by atoms with E-state index in [4.69, 9.17) is 10.2 Å². The van der Waals surface area contributed by atoms with Gasteiger partial charge in [0.25, 0.3) is 0 Å². The number of aryl methyl sites for hydroxylation is 1. The summed E-state index contributed by atoms with van der Waals surface area (Å²) >= 11 is 0. The van der Waals surface area contributed by atoms with Gasteiger partial charge >= 0.3 is 5.97 Å². The first kappa shape index (κ1) is 15.8. The summed E-state index contributed by atoms with van der Waals surface area (Å²) in [5.74, 6) is -1.64. The Morgan fingerprint density at radius 2 is 2.00 bits per heavy atom. The van der Waals surface area contributed by atoms with Crippen LogP contribution in [0.2, 0.25) is 0 Å². The molecule has 1 amide bonds. The molecule has 1 rings (SSSR count). The Hall–Kier alpha value is -2.28. The Kier molecular flexibility index (Phi) is 5.79. The number of ether oxygens (including phenoxy) is 1. The maximum Gasteiger partial charge on any atom is 0.330 e. The van der Waals surface area contributed by atoms with Crippen molar-refractivity contribution in [2.24, 2.45) is 0 Å². The molecule has 7 nitrogen and oxygen atoms in total. The topological polar surface area (TPSA) is 116 Å². The van der Waals surface area contributed by atoms with Crippen molar-refractivity contribution in [3.8, 4) is 11.5 Å². The van der Waals surface area contributed by atoms with Crippen LogP contribution in [0.3, 0.4) is 0 Å². The molecule has 0 aliphatic heterocycles. The van der Waals surface area contributed by atoms with Gasteiger partial charge in [0, 0.05) is 6.42 Å². The Balaban J connectivity index is 2.50. The molecule has 0 aliphatic rings. The Morgan fingerprint density at radius 3 is 2.55 bits per heavy atom. The van der Waals surface area contributed by atoms with Crippen LogP contribution < -0.4 is 5.32 Å². The molecule has 1 aromatic rings. The van der Waals surface area contributed by atoms with E-state index in [9.17, 15) is 14.7 Å². The summed E-state index contributed by atoms with van der Waals surface area (Å²) in [4.78, 5) is 22.8. The molecule has 20 heavy (non-hydrogen) atoms. The van der Waals surface area contributed by atoms with Gasteiger partial charge < -0.3 is 25.4 Å². The average Bonchev–Trinajstić information content (AvgIpc) is 2.45. The van der Waals surface area contributed by atoms with Gasteiger partial charge in [-0.2, -0.15) is 0 Å². The maximum atomic E-state index is 11.6. The summed E-state index contributed by atoms with van der Waals surface area (Å²) in [5, 5.41) is 29.8. The number of rotatable bonds is 6. The molecule has 0 unspecified atom stereocenters. The lowest BCUT2D eigenvalue weighted by molar-refractivity contribution is -0.146. The normalized spacial score (nSPS) is 11.7. The quantitative estimate of drug-likeness (QED) is 0.420. The number of benzene rings is 1. The molecule has 0 radical (unpaired) electrons. The van der Waals surface area contributed by atoms with Crippen molar-refractivity contribution < 1.29 is 29.6 Å². The van der Waals surface area contributed by atoms with Crippen LogP contribution >= 0.6 is 0 Å². The fourth-order valence-electron chi connectivity index (χ4n) is 1.57. The summed E-state index contributed by atoms with van der Waals surface area (Å²) in [5.41, 5.74) is 0.661. The number of aliphatic hydroxyl groups excluding tert-OH is 1. The Morgan fingerprint density at radius 1 is 1.30 bits per heavy atom. The van der Waals surface area contributed by atoms with Crippen LogP contribution in [-0.2, 0) is 20.7 Å². The van der Waals surface area contributed by atoms with Gasteiger partial charge in [0.05, 0.1) is 13.7 Å². The first-order valence-electron chi connectivity index (χ1n) is 5.96. The van der Waals surface area contributed by atoms with Gasteiger partial charge in [-0.3, -0.25) is 4.79 Å². The molecule has 0 saturated heterocycles. The van der Waals surface area contributed by atoms with Gasteiger partial charge in [-0.25, -0.2) is 4.79 Å². The van der Waals surface area contributed by atoms with Crippen LogP contribution in [0, 0.1) is 0 Å². The first-order chi connectivity index (χ1) is 9.47. The highest BCUT2D eigenvalue weighted by Gasteiger charge is 2.20. The number of amides is 1. The van der Waals surface area contributed by atoms with E-state index in [2.05, 4.69) is 10.1 Å². The van der Waals surface area contributed by atoms with Crippen molar-refractivity contribution in [1.29, 1.82) is 0 Å². The minimum absolute atomic E-state index is 0.0672. The van der Waals surface area contributed by atoms with Gasteiger partial charge in [0.1, 0.15) is 0 Å². The fraction of sp³-hybridized carbons (Fsp3) is 0.385. The predicted molar refractivity (Wildman–Crippen MR) is 69.1 cm³/mol. The molecule has 0 saturated carbocycles. The van der Waals surface area contributed by atoms with Crippen molar-refractivity contribution in [3.05, 3.63) is 23.8 Å². The van der Waals surface area contributed by atoms with Crippen LogP contribution in [0.15, 0.2) is 18.2 Å². The molecule has 0 aromatic heterocycles. The molecule has 1 atom stereocenters. The highest BCUT2D eigenvalue weighted by molar-refractivity contribution is 5.84. The third-order valence-electron chi connectivity index (χ3n) is 2.68. The number of nitrogens with one attached hydrogen (secondary N) is 1. The van der Waals surface area contributed by atoms with Crippen molar-refractivity contribution >= 4 is 11.9 Å². The van der Waals surface area contributed by atoms with Crippen LogP contribution in [0.1, 0.15) is 12.0 Å². The van der Waals surface area contributed by atoms with Crippen molar-refractivity contribution in [2.45, 2.75) is 18.9 Å². The van der Waals surface area contributed by atoms with E-state index in [0.29, 0.717) is 12.0 Å². The number of aliphatic hydroxyl groups is 1. The molecule has 0 fully saturated rings. The van der Waals surface area contributed by atoms with Crippen LogP contribution in [0.25, 0.3) is 0 Å². The zero-order chi connectivity index (χ0) is 15.1. The van der Waals surface area contributed by atoms with Crippen LogP contribution in [0.5, 0.6) is 11.5 Å². The molecular formula is C13H17NO6. The zero-order valence-electron chi connectivity index (χ0n) is 11.0. The van der Waals surface area contributed by atoms with Gasteiger partial charge in [-0.1, -0.05) is 6.07 Å². The lowest BCUT2D eigenvalue weighted by Gasteiger charge is -2.13.